The number of benzene rings is 2. The average molecular weight is 250 g/mol. The van der Waals surface area contributed by atoms with Gasteiger partial charge in [0.2, 0.25) is 0 Å². The summed E-state index contributed by atoms with van der Waals surface area (Å²) >= 11 is 0. The van der Waals surface area contributed by atoms with Crippen molar-refractivity contribution in [2.45, 2.75) is 6.10 Å². The quantitative estimate of drug-likeness (QED) is 0.907. The third kappa shape index (κ3) is 2.33. The first-order chi connectivity index (χ1) is 8.63. The molecule has 0 aliphatic heterocycles. The minimum Gasteiger partial charge on any atom is -0.497 e. The lowest BCUT2D eigenvalue weighted by molar-refractivity contribution is 0.208. The molecule has 0 amide bonds. The van der Waals surface area contributed by atoms with E-state index in [1.807, 2.05) is 0 Å². The van der Waals surface area contributed by atoms with Crippen molar-refractivity contribution in [1.29, 1.82) is 0 Å². The molecule has 0 aliphatic carbocycles. The number of aliphatic hydroxyl groups excluding tert-OH is 1. The molecule has 2 nitrogen and oxygen atoms in total. The Labute approximate surface area is 103 Å². The molecule has 1 unspecified atom stereocenters. The van der Waals surface area contributed by atoms with E-state index in [9.17, 15) is 13.9 Å². The summed E-state index contributed by atoms with van der Waals surface area (Å²) in [6.45, 7) is 0. The highest BCUT2D eigenvalue weighted by atomic mass is 19.1. The highest BCUT2D eigenvalue weighted by molar-refractivity contribution is 5.36. The Bertz CT molecular complexity index is 518. The van der Waals surface area contributed by atoms with Crippen molar-refractivity contribution < 1.29 is 18.6 Å². The maximum absolute atomic E-state index is 13.8. The van der Waals surface area contributed by atoms with Gasteiger partial charge in [0.15, 0.2) is 0 Å². The first-order valence-corrected chi connectivity index (χ1v) is 5.39. The molecule has 4 heteroatoms. The Morgan fingerprint density at radius 3 is 2.11 bits per heavy atom. The second-order valence-corrected chi connectivity index (χ2v) is 3.82. The highest BCUT2D eigenvalue weighted by Crippen LogP contribution is 2.29. The van der Waals surface area contributed by atoms with E-state index < -0.39 is 17.7 Å². The second kappa shape index (κ2) is 5.14. The van der Waals surface area contributed by atoms with E-state index in [1.165, 1.54) is 7.11 Å². The number of hydrogen-bond acceptors (Lipinski definition) is 2. The van der Waals surface area contributed by atoms with E-state index in [1.54, 1.807) is 30.3 Å². The molecule has 0 saturated heterocycles. The molecular weight excluding hydrogens is 238 g/mol. The van der Waals surface area contributed by atoms with Gasteiger partial charge in [-0.1, -0.05) is 30.3 Å². The monoisotopic (exact) mass is 250 g/mol. The fourth-order valence-electron chi connectivity index (χ4n) is 1.74. The first kappa shape index (κ1) is 12.5. The number of halogens is 2. The van der Waals surface area contributed by atoms with Crippen LogP contribution in [0.4, 0.5) is 8.78 Å². The van der Waals surface area contributed by atoms with Crippen molar-refractivity contribution in [2.24, 2.45) is 0 Å². The summed E-state index contributed by atoms with van der Waals surface area (Å²) < 4.78 is 32.3. The van der Waals surface area contributed by atoms with E-state index in [4.69, 9.17) is 4.74 Å². The van der Waals surface area contributed by atoms with Gasteiger partial charge in [0.05, 0.1) is 12.7 Å². The third-order valence-electron chi connectivity index (χ3n) is 2.68. The standard InChI is InChI=1S/C14H12F2O2/c1-18-10-7-11(15)13(12(16)8-10)14(17)9-5-3-2-4-6-9/h2-8,14,17H,1H3. The zero-order valence-corrected chi connectivity index (χ0v) is 9.73. The first-order valence-electron chi connectivity index (χ1n) is 5.39. The van der Waals surface area contributed by atoms with E-state index in [0.717, 1.165) is 12.1 Å². The van der Waals surface area contributed by atoms with E-state index in [0.29, 0.717) is 5.56 Å². The second-order valence-electron chi connectivity index (χ2n) is 3.82. The minimum atomic E-state index is -1.34. The molecule has 0 heterocycles. The van der Waals surface area contributed by atoms with E-state index >= 15 is 0 Å². The topological polar surface area (TPSA) is 29.5 Å². The molecule has 0 aromatic heterocycles. The van der Waals surface area contributed by atoms with Crippen LogP contribution in [0.25, 0.3) is 0 Å². The van der Waals surface area contributed by atoms with E-state index in [-0.39, 0.29) is 11.3 Å². The van der Waals surface area contributed by atoms with Gasteiger partial charge < -0.3 is 9.84 Å². The Kier molecular flexibility index (Phi) is 3.58. The molecule has 0 fully saturated rings. The predicted molar refractivity (Wildman–Crippen MR) is 63.4 cm³/mol. The van der Waals surface area contributed by atoms with Gasteiger partial charge in [0, 0.05) is 12.1 Å². The van der Waals surface area contributed by atoms with Crippen molar-refractivity contribution in [1.82, 2.24) is 0 Å². The van der Waals surface area contributed by atoms with Crippen LogP contribution >= 0.6 is 0 Å². The number of ether oxygens (including phenoxy) is 1. The maximum atomic E-state index is 13.8. The molecule has 0 saturated carbocycles. The van der Waals surface area contributed by atoms with Crippen molar-refractivity contribution >= 4 is 0 Å². The Hall–Kier alpha value is -1.94. The minimum absolute atomic E-state index is 0.0778. The summed E-state index contributed by atoms with van der Waals surface area (Å²) in [7, 11) is 1.32. The molecule has 18 heavy (non-hydrogen) atoms. The molecule has 94 valence electrons. The highest BCUT2D eigenvalue weighted by Gasteiger charge is 2.20. The van der Waals surface area contributed by atoms with Crippen LogP contribution < -0.4 is 4.74 Å². The number of methoxy groups -OCH3 is 1. The molecule has 1 N–H and O–H groups in total. The number of rotatable bonds is 3. The van der Waals surface area contributed by atoms with Crippen LogP contribution in [-0.4, -0.2) is 12.2 Å². The van der Waals surface area contributed by atoms with Gasteiger partial charge in [-0.3, -0.25) is 0 Å². The van der Waals surface area contributed by atoms with Crippen molar-refractivity contribution in [3.63, 3.8) is 0 Å². The maximum Gasteiger partial charge on any atom is 0.135 e. The van der Waals surface area contributed by atoms with Crippen LogP contribution in [-0.2, 0) is 0 Å². The van der Waals surface area contributed by atoms with E-state index in [2.05, 4.69) is 0 Å². The Morgan fingerprint density at radius 1 is 1.06 bits per heavy atom. The lowest BCUT2D eigenvalue weighted by Gasteiger charge is -2.14. The van der Waals surface area contributed by atoms with Crippen LogP contribution in [0.2, 0.25) is 0 Å². The van der Waals surface area contributed by atoms with Crippen LogP contribution in [0.3, 0.4) is 0 Å². The van der Waals surface area contributed by atoms with Crippen molar-refractivity contribution in [3.8, 4) is 5.75 Å². The fourth-order valence-corrected chi connectivity index (χ4v) is 1.74. The van der Waals surface area contributed by atoms with Gasteiger partial charge in [-0.2, -0.15) is 0 Å². The Balaban J connectivity index is 2.45. The van der Waals surface area contributed by atoms with Gasteiger partial charge >= 0.3 is 0 Å². The summed E-state index contributed by atoms with van der Waals surface area (Å²) in [6.07, 6.45) is -1.34. The lowest BCUT2D eigenvalue weighted by atomic mass is 10.0. The lowest BCUT2D eigenvalue weighted by Crippen LogP contribution is -2.06. The zero-order valence-electron chi connectivity index (χ0n) is 9.73. The van der Waals surface area contributed by atoms with Gasteiger partial charge in [-0.25, -0.2) is 8.78 Å². The van der Waals surface area contributed by atoms with Crippen LogP contribution in [0.15, 0.2) is 42.5 Å². The molecule has 0 spiro atoms. The third-order valence-corrected chi connectivity index (χ3v) is 2.68. The van der Waals surface area contributed by atoms with Crippen LogP contribution in [0, 0.1) is 11.6 Å². The summed E-state index contributed by atoms with van der Waals surface area (Å²) in [4.78, 5) is 0. The number of aliphatic hydroxyl groups is 1. The normalized spacial score (nSPS) is 12.2. The Morgan fingerprint density at radius 2 is 1.61 bits per heavy atom. The molecule has 1 atom stereocenters. The molecule has 0 radical (unpaired) electrons. The summed E-state index contributed by atoms with van der Waals surface area (Å²) in [5.41, 5.74) is 0.0578. The van der Waals surface area contributed by atoms with Gasteiger partial charge in [-0.05, 0) is 5.56 Å². The SMILES string of the molecule is COc1cc(F)c(C(O)c2ccccc2)c(F)c1. The molecule has 0 bridgehead atoms. The molecule has 0 aliphatic rings. The van der Waals surface area contributed by atoms with Crippen LogP contribution in [0.5, 0.6) is 5.75 Å². The molecule has 2 aromatic rings. The summed E-state index contributed by atoms with van der Waals surface area (Å²) in [5, 5.41) is 10.00. The van der Waals surface area contributed by atoms with Crippen molar-refractivity contribution in [3.05, 3.63) is 65.2 Å². The smallest absolute Gasteiger partial charge is 0.135 e. The zero-order chi connectivity index (χ0) is 13.1. The van der Waals surface area contributed by atoms with Gasteiger partial charge in [0.1, 0.15) is 23.5 Å². The van der Waals surface area contributed by atoms with Crippen LogP contribution in [0.1, 0.15) is 17.2 Å². The van der Waals surface area contributed by atoms with Gasteiger partial charge in [-0.15, -0.1) is 0 Å². The summed E-state index contributed by atoms with van der Waals surface area (Å²) in [6, 6.07) is 10.4. The van der Waals surface area contributed by atoms with Crippen molar-refractivity contribution in [2.75, 3.05) is 7.11 Å². The average Bonchev–Trinajstić information content (AvgIpc) is 2.38. The predicted octanol–water partition coefficient (Wildman–Crippen LogP) is 3.06. The summed E-state index contributed by atoms with van der Waals surface area (Å²) in [5.74, 6) is -1.58. The molecule has 2 aromatic carbocycles. The van der Waals surface area contributed by atoms with Gasteiger partial charge in [0.25, 0.3) is 0 Å². The largest absolute Gasteiger partial charge is 0.497 e. The molecular formula is C14H12F2O2. The number of hydrogen-bond donors (Lipinski definition) is 1. The fraction of sp³-hybridized carbons (Fsp3) is 0.143. The molecule has 2 rings (SSSR count).